The van der Waals surface area contributed by atoms with Gasteiger partial charge < -0.3 is 0 Å². The van der Waals surface area contributed by atoms with E-state index < -0.39 is 0 Å². The maximum absolute atomic E-state index is 12.5. The van der Waals surface area contributed by atoms with Crippen molar-refractivity contribution in [1.82, 2.24) is 0 Å². The summed E-state index contributed by atoms with van der Waals surface area (Å²) in [6.07, 6.45) is 0.764. The van der Waals surface area contributed by atoms with Crippen molar-refractivity contribution in [3.63, 3.8) is 0 Å². The Kier molecular flexibility index (Phi) is 3.18. The van der Waals surface area contributed by atoms with Gasteiger partial charge >= 0.3 is 0 Å². The minimum absolute atomic E-state index is 0.271. The summed E-state index contributed by atoms with van der Waals surface area (Å²) in [6, 6.07) is 14.3. The molecule has 0 aromatic heterocycles. The third-order valence-corrected chi connectivity index (χ3v) is 3.75. The van der Waals surface area contributed by atoms with Crippen molar-refractivity contribution in [2.45, 2.75) is 13.3 Å². The Morgan fingerprint density at radius 1 is 0.952 bits per heavy atom. The Bertz CT molecular complexity index is 726. The molecule has 3 rings (SSSR count). The minimum Gasteiger partial charge on any atom is -0.268 e. The quantitative estimate of drug-likeness (QED) is 0.798. The standard InChI is InChI=1S/C18H15NO2/c1-3-12(2)13-8-6-7-11-16(13)19-17(20)14-9-4-5-10-15(14)18(19)21/h4-11H,2-3H2,1H3. The van der Waals surface area contributed by atoms with E-state index in [-0.39, 0.29) is 11.8 Å². The van der Waals surface area contributed by atoms with Gasteiger partial charge in [0, 0.05) is 5.56 Å². The molecule has 104 valence electrons. The highest BCUT2D eigenvalue weighted by Gasteiger charge is 2.37. The summed E-state index contributed by atoms with van der Waals surface area (Å²) in [7, 11) is 0. The fourth-order valence-corrected chi connectivity index (χ4v) is 2.57. The number of imide groups is 1. The van der Waals surface area contributed by atoms with E-state index in [4.69, 9.17) is 0 Å². The topological polar surface area (TPSA) is 37.4 Å². The number of rotatable bonds is 3. The molecule has 0 aliphatic carbocycles. The number of fused-ring (bicyclic) bond motifs is 1. The number of nitrogens with zero attached hydrogens (tertiary/aromatic N) is 1. The first-order valence-corrected chi connectivity index (χ1v) is 6.90. The molecule has 1 aliphatic rings. The average molecular weight is 277 g/mol. The Hall–Kier alpha value is -2.68. The predicted octanol–water partition coefficient (Wildman–Crippen LogP) is 3.91. The van der Waals surface area contributed by atoms with Crippen molar-refractivity contribution in [1.29, 1.82) is 0 Å². The Morgan fingerprint density at radius 3 is 2.05 bits per heavy atom. The number of allylic oxidation sites excluding steroid dienone is 1. The Morgan fingerprint density at radius 2 is 1.48 bits per heavy atom. The molecule has 1 heterocycles. The number of hydrogen-bond donors (Lipinski definition) is 0. The van der Waals surface area contributed by atoms with Crippen LogP contribution in [0.4, 0.5) is 5.69 Å². The van der Waals surface area contributed by atoms with E-state index in [0.29, 0.717) is 16.8 Å². The molecule has 0 N–H and O–H groups in total. The molecule has 2 amide bonds. The lowest BCUT2D eigenvalue weighted by molar-refractivity contribution is 0.0926. The van der Waals surface area contributed by atoms with Crippen LogP contribution in [0.1, 0.15) is 39.6 Å². The summed E-state index contributed by atoms with van der Waals surface area (Å²) in [5, 5.41) is 0. The number of carbonyl (C=O) groups is 2. The van der Waals surface area contributed by atoms with Gasteiger partial charge in [-0.15, -0.1) is 0 Å². The normalized spacial score (nSPS) is 13.5. The summed E-state index contributed by atoms with van der Waals surface area (Å²) in [4.78, 5) is 26.3. The molecule has 0 fully saturated rings. The van der Waals surface area contributed by atoms with Crippen molar-refractivity contribution in [3.8, 4) is 0 Å². The summed E-state index contributed by atoms with van der Waals surface area (Å²) >= 11 is 0. The fourth-order valence-electron chi connectivity index (χ4n) is 2.57. The monoisotopic (exact) mass is 277 g/mol. The van der Waals surface area contributed by atoms with Crippen molar-refractivity contribution in [2.75, 3.05) is 4.90 Å². The molecule has 0 bridgehead atoms. The first-order chi connectivity index (χ1) is 10.1. The molecular formula is C18H15NO2. The Balaban J connectivity index is 2.14. The SMILES string of the molecule is C=C(CC)c1ccccc1N1C(=O)c2ccccc2C1=O. The zero-order valence-electron chi connectivity index (χ0n) is 11.8. The van der Waals surface area contributed by atoms with Gasteiger partial charge in [-0.25, -0.2) is 4.90 Å². The molecule has 21 heavy (non-hydrogen) atoms. The van der Waals surface area contributed by atoms with Crippen LogP contribution in [-0.2, 0) is 0 Å². The summed E-state index contributed by atoms with van der Waals surface area (Å²) < 4.78 is 0. The third kappa shape index (κ3) is 1.98. The second kappa shape index (κ2) is 5.02. The highest BCUT2D eigenvalue weighted by Crippen LogP contribution is 2.33. The second-order valence-corrected chi connectivity index (χ2v) is 4.97. The molecule has 0 spiro atoms. The molecule has 0 unspecified atom stereocenters. The largest absolute Gasteiger partial charge is 0.268 e. The van der Waals surface area contributed by atoms with E-state index in [1.165, 1.54) is 4.90 Å². The van der Waals surface area contributed by atoms with Crippen LogP contribution in [0.5, 0.6) is 0 Å². The number of para-hydroxylation sites is 1. The number of carbonyl (C=O) groups excluding carboxylic acids is 2. The van der Waals surface area contributed by atoms with E-state index in [2.05, 4.69) is 6.58 Å². The maximum atomic E-state index is 12.5. The van der Waals surface area contributed by atoms with Gasteiger partial charge in [0.2, 0.25) is 0 Å². The van der Waals surface area contributed by atoms with Gasteiger partial charge in [0.15, 0.2) is 0 Å². The molecule has 1 aliphatic heterocycles. The van der Waals surface area contributed by atoms with Crippen LogP contribution in [0.15, 0.2) is 55.1 Å². The maximum Gasteiger partial charge on any atom is 0.266 e. The van der Waals surface area contributed by atoms with Gasteiger partial charge in [0.25, 0.3) is 11.8 Å². The average Bonchev–Trinajstić information content (AvgIpc) is 2.78. The van der Waals surface area contributed by atoms with Crippen molar-refractivity contribution in [3.05, 3.63) is 71.8 Å². The van der Waals surface area contributed by atoms with E-state index in [1.807, 2.05) is 25.1 Å². The fraction of sp³-hybridized carbons (Fsp3) is 0.111. The van der Waals surface area contributed by atoms with Crippen LogP contribution in [0.3, 0.4) is 0 Å². The molecule has 0 radical (unpaired) electrons. The van der Waals surface area contributed by atoms with E-state index >= 15 is 0 Å². The van der Waals surface area contributed by atoms with Crippen LogP contribution in [0, 0.1) is 0 Å². The van der Waals surface area contributed by atoms with Gasteiger partial charge in [-0.1, -0.05) is 43.8 Å². The zero-order valence-corrected chi connectivity index (χ0v) is 11.8. The summed E-state index contributed by atoms with van der Waals surface area (Å²) in [5.74, 6) is -0.543. The number of benzene rings is 2. The van der Waals surface area contributed by atoms with E-state index in [9.17, 15) is 9.59 Å². The molecule has 0 atom stereocenters. The second-order valence-electron chi connectivity index (χ2n) is 4.97. The van der Waals surface area contributed by atoms with Gasteiger partial charge in [-0.2, -0.15) is 0 Å². The van der Waals surface area contributed by atoms with Crippen LogP contribution in [0.2, 0.25) is 0 Å². The predicted molar refractivity (Wildman–Crippen MR) is 83.3 cm³/mol. The van der Waals surface area contributed by atoms with Crippen molar-refractivity contribution >= 4 is 23.1 Å². The zero-order chi connectivity index (χ0) is 15.0. The summed E-state index contributed by atoms with van der Waals surface area (Å²) in [5.41, 5.74) is 3.27. The molecular weight excluding hydrogens is 262 g/mol. The minimum atomic E-state index is -0.271. The molecule has 0 saturated carbocycles. The number of amides is 2. The van der Waals surface area contributed by atoms with Gasteiger partial charge in [-0.05, 0) is 30.2 Å². The molecule has 2 aromatic carbocycles. The van der Waals surface area contributed by atoms with Crippen LogP contribution in [0.25, 0.3) is 5.57 Å². The highest BCUT2D eigenvalue weighted by atomic mass is 16.2. The van der Waals surface area contributed by atoms with E-state index in [1.54, 1.807) is 30.3 Å². The van der Waals surface area contributed by atoms with Gasteiger partial charge in [-0.3, -0.25) is 9.59 Å². The van der Waals surface area contributed by atoms with Crippen LogP contribution >= 0.6 is 0 Å². The molecule has 0 saturated heterocycles. The molecule has 2 aromatic rings. The highest BCUT2D eigenvalue weighted by molar-refractivity contribution is 6.34. The lowest BCUT2D eigenvalue weighted by Gasteiger charge is -2.18. The lowest BCUT2D eigenvalue weighted by Crippen LogP contribution is -2.30. The third-order valence-electron chi connectivity index (χ3n) is 3.75. The van der Waals surface area contributed by atoms with Gasteiger partial charge in [0.1, 0.15) is 0 Å². The molecule has 3 heteroatoms. The van der Waals surface area contributed by atoms with Gasteiger partial charge in [0.05, 0.1) is 16.8 Å². The van der Waals surface area contributed by atoms with Crippen molar-refractivity contribution < 1.29 is 9.59 Å². The Labute approximate surface area is 123 Å². The number of hydrogen-bond acceptors (Lipinski definition) is 2. The first-order valence-electron chi connectivity index (χ1n) is 6.90. The van der Waals surface area contributed by atoms with E-state index in [0.717, 1.165) is 17.6 Å². The van der Waals surface area contributed by atoms with Crippen LogP contribution in [-0.4, -0.2) is 11.8 Å². The smallest absolute Gasteiger partial charge is 0.266 e. The summed E-state index contributed by atoms with van der Waals surface area (Å²) in [6.45, 7) is 6.03. The number of anilines is 1. The lowest BCUT2D eigenvalue weighted by atomic mass is 10.0. The molecule has 3 nitrogen and oxygen atoms in total. The first kappa shape index (κ1) is 13.3. The van der Waals surface area contributed by atoms with Crippen molar-refractivity contribution in [2.24, 2.45) is 0 Å². The van der Waals surface area contributed by atoms with Crippen LogP contribution < -0.4 is 4.90 Å².